The van der Waals surface area contributed by atoms with Crippen LogP contribution in [0.3, 0.4) is 0 Å². The molecule has 0 aromatic heterocycles. The van der Waals surface area contributed by atoms with Gasteiger partial charge in [0.25, 0.3) is 0 Å². The Morgan fingerprint density at radius 1 is 1.50 bits per heavy atom. The van der Waals surface area contributed by atoms with E-state index in [0.717, 1.165) is 0 Å². The molecule has 0 bridgehead atoms. The molecule has 2 N–H and O–H groups in total. The van der Waals surface area contributed by atoms with E-state index in [1.807, 2.05) is 13.8 Å². The van der Waals surface area contributed by atoms with Crippen molar-refractivity contribution in [1.82, 2.24) is 10.6 Å². The summed E-state index contributed by atoms with van der Waals surface area (Å²) >= 11 is 0. The summed E-state index contributed by atoms with van der Waals surface area (Å²) in [5.74, 6) is 0.542. The van der Waals surface area contributed by atoms with Gasteiger partial charge in [-0.15, -0.1) is 0 Å². The normalized spacial score (nSPS) is 19.1. The molecule has 1 aliphatic heterocycles. The van der Waals surface area contributed by atoms with Crippen molar-refractivity contribution in [1.29, 1.82) is 0 Å². The zero-order valence-electron chi connectivity index (χ0n) is 6.56. The molecule has 1 fully saturated rings. The maximum atomic E-state index is 10.4. The Morgan fingerprint density at radius 2 is 2.10 bits per heavy atom. The Bertz CT molecular complexity index is 142. The van der Waals surface area contributed by atoms with Crippen LogP contribution >= 0.6 is 0 Å². The van der Waals surface area contributed by atoms with E-state index in [1.165, 1.54) is 0 Å². The van der Waals surface area contributed by atoms with E-state index in [0.29, 0.717) is 12.5 Å². The lowest BCUT2D eigenvalue weighted by atomic mass is 10.7. The second-order valence-corrected chi connectivity index (χ2v) is 1.47. The third-order valence-corrected chi connectivity index (χ3v) is 0.898. The number of carbonyl (C=O) groups excluding carboxylic acids is 1. The van der Waals surface area contributed by atoms with Crippen molar-refractivity contribution in [3.63, 3.8) is 0 Å². The Balaban J connectivity index is 0.000000371. The fourth-order valence-electron chi connectivity index (χ4n) is 0.519. The van der Waals surface area contributed by atoms with E-state index >= 15 is 0 Å². The second-order valence-electron chi connectivity index (χ2n) is 1.47. The van der Waals surface area contributed by atoms with Crippen LogP contribution in [-0.2, 0) is 4.79 Å². The molecule has 4 nitrogen and oxygen atoms in total. The first kappa shape index (κ1) is 8.94. The molecule has 1 aliphatic rings. The molecule has 0 aromatic rings. The van der Waals surface area contributed by atoms with Crippen LogP contribution in [0, 0.1) is 0 Å². The van der Waals surface area contributed by atoms with Crippen LogP contribution in [0.1, 0.15) is 13.8 Å². The molecule has 1 amide bonds. The van der Waals surface area contributed by atoms with Gasteiger partial charge < -0.3 is 5.32 Å². The Labute approximate surface area is 60.7 Å². The Kier molecular flexibility index (Phi) is 4.28. The van der Waals surface area contributed by atoms with Gasteiger partial charge in [-0.3, -0.25) is 15.1 Å². The fourth-order valence-corrected chi connectivity index (χ4v) is 0.519. The standard InChI is InChI=1S/C4H7N3O.C2H6/c1-5-4-6-2-3(8)7-4;1-2/h2H2,1H3,(H2,5,6,7,8);1-2H3. The fraction of sp³-hybridized carbons (Fsp3) is 0.667. The zero-order chi connectivity index (χ0) is 7.98. The van der Waals surface area contributed by atoms with Crippen LogP contribution in [0.2, 0.25) is 0 Å². The van der Waals surface area contributed by atoms with Crippen LogP contribution in [0.25, 0.3) is 0 Å². The van der Waals surface area contributed by atoms with Crippen molar-refractivity contribution in [2.45, 2.75) is 13.8 Å². The highest BCUT2D eigenvalue weighted by Gasteiger charge is 2.11. The summed E-state index contributed by atoms with van der Waals surface area (Å²) < 4.78 is 0. The minimum Gasteiger partial charge on any atom is -0.347 e. The van der Waals surface area contributed by atoms with Gasteiger partial charge in [0, 0.05) is 7.05 Å². The van der Waals surface area contributed by atoms with Gasteiger partial charge in [-0.1, -0.05) is 13.8 Å². The second kappa shape index (κ2) is 4.78. The van der Waals surface area contributed by atoms with Crippen LogP contribution in [-0.4, -0.2) is 25.5 Å². The minimum atomic E-state index is -0.0226. The van der Waals surface area contributed by atoms with Gasteiger partial charge in [0.15, 0.2) is 5.96 Å². The molecule has 10 heavy (non-hydrogen) atoms. The Hall–Kier alpha value is -1.06. The van der Waals surface area contributed by atoms with Crippen LogP contribution in [0.4, 0.5) is 0 Å². The smallest absolute Gasteiger partial charge is 0.246 e. The lowest BCUT2D eigenvalue weighted by Crippen LogP contribution is -2.24. The first-order valence-corrected chi connectivity index (χ1v) is 3.33. The average Bonchev–Trinajstić information content (AvgIpc) is 2.40. The van der Waals surface area contributed by atoms with E-state index in [-0.39, 0.29) is 5.91 Å². The number of hydrogen-bond donors (Lipinski definition) is 2. The summed E-state index contributed by atoms with van der Waals surface area (Å²) in [7, 11) is 1.62. The largest absolute Gasteiger partial charge is 0.347 e. The molecular formula is C6H13N3O. The molecule has 4 heteroatoms. The number of guanidine groups is 1. The average molecular weight is 143 g/mol. The van der Waals surface area contributed by atoms with Crippen molar-refractivity contribution in [2.75, 3.05) is 13.6 Å². The molecule has 0 aliphatic carbocycles. The summed E-state index contributed by atoms with van der Waals surface area (Å²) in [5.41, 5.74) is 0. The van der Waals surface area contributed by atoms with Crippen LogP contribution in [0.15, 0.2) is 4.99 Å². The van der Waals surface area contributed by atoms with Crippen molar-refractivity contribution in [2.24, 2.45) is 4.99 Å². The summed E-state index contributed by atoms with van der Waals surface area (Å²) in [5, 5.41) is 5.25. The quantitative estimate of drug-likeness (QED) is 0.490. The summed E-state index contributed by atoms with van der Waals surface area (Å²) in [6.45, 7) is 4.35. The highest BCUT2D eigenvalue weighted by Crippen LogP contribution is 1.75. The molecule has 0 saturated carbocycles. The topological polar surface area (TPSA) is 53.5 Å². The Morgan fingerprint density at radius 3 is 2.30 bits per heavy atom. The van der Waals surface area contributed by atoms with Gasteiger partial charge in [0.2, 0.25) is 5.91 Å². The van der Waals surface area contributed by atoms with Gasteiger partial charge >= 0.3 is 0 Å². The summed E-state index contributed by atoms with van der Waals surface area (Å²) in [4.78, 5) is 14.1. The number of rotatable bonds is 0. The molecule has 1 saturated heterocycles. The number of hydrogen-bond acceptors (Lipinski definition) is 2. The van der Waals surface area contributed by atoms with Gasteiger partial charge in [-0.05, 0) is 0 Å². The monoisotopic (exact) mass is 143 g/mol. The zero-order valence-corrected chi connectivity index (χ0v) is 6.56. The molecule has 1 rings (SSSR count). The van der Waals surface area contributed by atoms with E-state index < -0.39 is 0 Å². The maximum absolute atomic E-state index is 10.4. The molecular weight excluding hydrogens is 130 g/mol. The van der Waals surface area contributed by atoms with Crippen molar-refractivity contribution in [3.05, 3.63) is 0 Å². The van der Waals surface area contributed by atoms with E-state index in [1.54, 1.807) is 7.05 Å². The van der Waals surface area contributed by atoms with Crippen molar-refractivity contribution in [3.8, 4) is 0 Å². The first-order chi connectivity index (χ1) is 4.83. The van der Waals surface area contributed by atoms with Gasteiger partial charge in [-0.25, -0.2) is 0 Å². The summed E-state index contributed by atoms with van der Waals surface area (Å²) in [6, 6.07) is 0. The molecule has 1 heterocycles. The lowest BCUT2D eigenvalue weighted by Gasteiger charge is -1.89. The number of carbonyl (C=O) groups is 1. The molecule has 0 aromatic carbocycles. The molecule has 0 radical (unpaired) electrons. The lowest BCUT2D eigenvalue weighted by molar-refractivity contribution is -0.117. The van der Waals surface area contributed by atoms with Crippen LogP contribution < -0.4 is 10.6 Å². The SMILES string of the molecule is CC.CN=C1NCC(=O)N1. The molecule has 0 spiro atoms. The minimum absolute atomic E-state index is 0.0226. The van der Waals surface area contributed by atoms with E-state index in [9.17, 15) is 4.79 Å². The van der Waals surface area contributed by atoms with Gasteiger partial charge in [0.05, 0.1) is 6.54 Å². The highest BCUT2D eigenvalue weighted by molar-refractivity contribution is 6.04. The third-order valence-electron chi connectivity index (χ3n) is 0.898. The maximum Gasteiger partial charge on any atom is 0.246 e. The number of amides is 1. The van der Waals surface area contributed by atoms with Crippen molar-refractivity contribution < 1.29 is 4.79 Å². The van der Waals surface area contributed by atoms with E-state index in [2.05, 4.69) is 15.6 Å². The van der Waals surface area contributed by atoms with Crippen LogP contribution in [0.5, 0.6) is 0 Å². The predicted molar refractivity (Wildman–Crippen MR) is 40.9 cm³/mol. The number of nitrogens with zero attached hydrogens (tertiary/aromatic N) is 1. The first-order valence-electron chi connectivity index (χ1n) is 3.33. The van der Waals surface area contributed by atoms with E-state index in [4.69, 9.17) is 0 Å². The summed E-state index contributed by atoms with van der Waals surface area (Å²) in [6.07, 6.45) is 0. The van der Waals surface area contributed by atoms with Gasteiger partial charge in [-0.2, -0.15) is 0 Å². The highest BCUT2D eigenvalue weighted by atomic mass is 16.2. The molecule has 0 unspecified atom stereocenters. The molecule has 58 valence electrons. The van der Waals surface area contributed by atoms with Crippen molar-refractivity contribution >= 4 is 11.9 Å². The third kappa shape index (κ3) is 2.48. The predicted octanol–water partition coefficient (Wildman–Crippen LogP) is -0.282. The number of aliphatic imine (C=N–C) groups is 1. The molecule has 0 atom stereocenters. The number of nitrogens with one attached hydrogen (secondary N) is 2. The van der Waals surface area contributed by atoms with Gasteiger partial charge in [0.1, 0.15) is 0 Å².